The van der Waals surface area contributed by atoms with E-state index in [9.17, 15) is 0 Å². The highest BCUT2D eigenvalue weighted by molar-refractivity contribution is 7.25. The summed E-state index contributed by atoms with van der Waals surface area (Å²) >= 11 is 1.86. The third-order valence-corrected chi connectivity index (χ3v) is 4.00. The van der Waals surface area contributed by atoms with Crippen LogP contribution in [-0.2, 0) is 0 Å². The molecule has 1 aliphatic heterocycles. The molecule has 3 heteroatoms. The van der Waals surface area contributed by atoms with E-state index in [1.165, 1.54) is 20.2 Å². The van der Waals surface area contributed by atoms with Crippen molar-refractivity contribution in [3.8, 4) is 0 Å². The van der Waals surface area contributed by atoms with E-state index in [4.69, 9.17) is 0 Å². The topological polar surface area (TPSA) is 24.4 Å². The van der Waals surface area contributed by atoms with Crippen molar-refractivity contribution in [3.05, 3.63) is 48.5 Å². The maximum Gasteiger partial charge on any atom is 0.0825 e. The lowest BCUT2D eigenvalue weighted by atomic mass is 10.2. The first-order valence-electron chi connectivity index (χ1n) is 6.03. The first-order valence-corrected chi connectivity index (χ1v) is 6.85. The zero-order chi connectivity index (χ0) is 12.2. The van der Waals surface area contributed by atoms with Crippen molar-refractivity contribution in [2.75, 3.05) is 13.1 Å². The predicted octanol–water partition coefficient (Wildman–Crippen LogP) is 3.67. The Morgan fingerprint density at radius 2 is 1.50 bits per heavy atom. The van der Waals surface area contributed by atoms with Crippen LogP contribution in [0.25, 0.3) is 20.2 Å². The Balaban J connectivity index is 0.000000169. The summed E-state index contributed by atoms with van der Waals surface area (Å²) in [5.74, 6) is 0. The van der Waals surface area contributed by atoms with Gasteiger partial charge in [-0.1, -0.05) is 36.4 Å². The van der Waals surface area contributed by atoms with Gasteiger partial charge >= 0.3 is 0 Å². The van der Waals surface area contributed by atoms with E-state index in [0.29, 0.717) is 0 Å². The number of aliphatic imine (C=N–C) groups is 1. The Hall–Kier alpha value is -1.87. The minimum atomic E-state index is 0.958. The molecule has 1 aromatic heterocycles. The average molecular weight is 254 g/mol. The molecular formula is C15H14N2S. The van der Waals surface area contributed by atoms with Crippen LogP contribution in [0.1, 0.15) is 0 Å². The summed E-state index contributed by atoms with van der Waals surface area (Å²) in [6, 6.07) is 17.1. The smallest absolute Gasteiger partial charge is 0.0825 e. The second-order valence-corrected chi connectivity index (χ2v) is 5.17. The van der Waals surface area contributed by atoms with Crippen LogP contribution in [0.2, 0.25) is 0 Å². The number of benzene rings is 2. The van der Waals surface area contributed by atoms with Crippen LogP contribution in [0.4, 0.5) is 0 Å². The summed E-state index contributed by atoms with van der Waals surface area (Å²) in [7, 11) is 0. The van der Waals surface area contributed by atoms with Gasteiger partial charge in [-0.15, -0.1) is 11.3 Å². The zero-order valence-corrected chi connectivity index (χ0v) is 10.8. The van der Waals surface area contributed by atoms with Crippen LogP contribution in [0, 0.1) is 0 Å². The summed E-state index contributed by atoms with van der Waals surface area (Å²) in [5, 5.41) is 5.69. The van der Waals surface area contributed by atoms with Crippen LogP contribution in [0.3, 0.4) is 0 Å². The van der Waals surface area contributed by atoms with Crippen LogP contribution in [0.5, 0.6) is 0 Å². The number of rotatable bonds is 0. The van der Waals surface area contributed by atoms with Gasteiger partial charge in [0.15, 0.2) is 0 Å². The SMILES string of the molecule is C1=NCCN1.c1ccc2c(c1)sc1ccccc12. The largest absolute Gasteiger partial charge is 0.375 e. The fourth-order valence-corrected chi connectivity index (χ4v) is 3.10. The van der Waals surface area contributed by atoms with Gasteiger partial charge in [0, 0.05) is 26.7 Å². The molecule has 90 valence electrons. The molecule has 0 amide bonds. The predicted molar refractivity (Wildman–Crippen MR) is 80.7 cm³/mol. The summed E-state index contributed by atoms with van der Waals surface area (Å²) in [6.07, 6.45) is 1.74. The van der Waals surface area contributed by atoms with Crippen LogP contribution >= 0.6 is 11.3 Å². The number of fused-ring (bicyclic) bond motifs is 3. The highest BCUT2D eigenvalue weighted by Crippen LogP contribution is 2.32. The molecule has 3 aromatic rings. The van der Waals surface area contributed by atoms with Gasteiger partial charge in [0.2, 0.25) is 0 Å². The van der Waals surface area contributed by atoms with E-state index in [0.717, 1.165) is 13.1 Å². The lowest BCUT2D eigenvalue weighted by Gasteiger charge is -1.88. The minimum absolute atomic E-state index is 0.958. The fourth-order valence-electron chi connectivity index (χ4n) is 2.00. The molecule has 0 saturated carbocycles. The van der Waals surface area contributed by atoms with Crippen molar-refractivity contribution >= 4 is 37.8 Å². The molecule has 18 heavy (non-hydrogen) atoms. The lowest BCUT2D eigenvalue weighted by Crippen LogP contribution is -2.04. The molecule has 1 N–H and O–H groups in total. The lowest BCUT2D eigenvalue weighted by molar-refractivity contribution is 0.965. The van der Waals surface area contributed by atoms with Crippen LogP contribution in [0.15, 0.2) is 53.5 Å². The third kappa shape index (κ3) is 2.22. The molecule has 2 nitrogen and oxygen atoms in total. The minimum Gasteiger partial charge on any atom is -0.375 e. The molecular weight excluding hydrogens is 240 g/mol. The number of nitrogens with one attached hydrogen (secondary N) is 1. The Bertz CT molecular complexity index is 629. The fraction of sp³-hybridized carbons (Fsp3) is 0.133. The number of thiophene rings is 1. The first kappa shape index (κ1) is 11.2. The Labute approximate surface area is 110 Å². The second kappa shape index (κ2) is 5.19. The summed E-state index contributed by atoms with van der Waals surface area (Å²) in [5.41, 5.74) is 0. The van der Waals surface area contributed by atoms with Crippen molar-refractivity contribution < 1.29 is 0 Å². The van der Waals surface area contributed by atoms with Gasteiger partial charge in [-0.2, -0.15) is 0 Å². The van der Waals surface area contributed by atoms with Crippen molar-refractivity contribution in [1.82, 2.24) is 5.32 Å². The van der Waals surface area contributed by atoms with Gasteiger partial charge in [-0.3, -0.25) is 4.99 Å². The van der Waals surface area contributed by atoms with Crippen molar-refractivity contribution in [2.24, 2.45) is 4.99 Å². The average Bonchev–Trinajstić information content (AvgIpc) is 3.10. The zero-order valence-electron chi connectivity index (χ0n) is 9.97. The van der Waals surface area contributed by atoms with Gasteiger partial charge in [-0.25, -0.2) is 0 Å². The van der Waals surface area contributed by atoms with E-state index in [-0.39, 0.29) is 0 Å². The number of hydrogen-bond donors (Lipinski definition) is 1. The molecule has 0 saturated heterocycles. The molecule has 2 heterocycles. The standard InChI is InChI=1S/C12H8S.C3H6N2/c1-3-7-11-9(5-1)10-6-2-4-8-12(10)13-11;1-2-5-3-4-1/h1-8H;3H,1-2H2,(H,4,5). The highest BCUT2D eigenvalue weighted by atomic mass is 32.1. The maximum atomic E-state index is 3.85. The van der Waals surface area contributed by atoms with Gasteiger partial charge < -0.3 is 5.32 Å². The van der Waals surface area contributed by atoms with E-state index < -0.39 is 0 Å². The summed E-state index contributed by atoms with van der Waals surface area (Å²) in [6.45, 7) is 1.99. The molecule has 0 spiro atoms. The molecule has 1 aliphatic rings. The van der Waals surface area contributed by atoms with E-state index in [1.54, 1.807) is 6.34 Å². The van der Waals surface area contributed by atoms with Crippen molar-refractivity contribution in [1.29, 1.82) is 0 Å². The molecule has 0 radical (unpaired) electrons. The molecule has 4 rings (SSSR count). The highest BCUT2D eigenvalue weighted by Gasteiger charge is 2.01. The second-order valence-electron chi connectivity index (χ2n) is 4.08. The first-order chi connectivity index (χ1) is 8.95. The van der Waals surface area contributed by atoms with E-state index >= 15 is 0 Å². The van der Waals surface area contributed by atoms with E-state index in [1.807, 2.05) is 11.3 Å². The van der Waals surface area contributed by atoms with Crippen molar-refractivity contribution in [2.45, 2.75) is 0 Å². The molecule has 0 fully saturated rings. The van der Waals surface area contributed by atoms with Gasteiger partial charge in [0.1, 0.15) is 0 Å². The van der Waals surface area contributed by atoms with Gasteiger partial charge in [0.05, 0.1) is 12.9 Å². The molecule has 0 aliphatic carbocycles. The van der Waals surface area contributed by atoms with Crippen LogP contribution < -0.4 is 5.32 Å². The molecule has 0 atom stereocenters. The van der Waals surface area contributed by atoms with Crippen LogP contribution in [-0.4, -0.2) is 19.4 Å². The quantitative estimate of drug-likeness (QED) is 0.650. The molecule has 0 bridgehead atoms. The van der Waals surface area contributed by atoms with Gasteiger partial charge in [0.25, 0.3) is 0 Å². The number of hydrogen-bond acceptors (Lipinski definition) is 3. The molecule has 0 unspecified atom stereocenters. The molecule has 2 aromatic carbocycles. The van der Waals surface area contributed by atoms with Gasteiger partial charge in [-0.05, 0) is 12.1 Å². The third-order valence-electron chi connectivity index (χ3n) is 2.85. The monoisotopic (exact) mass is 254 g/mol. The summed E-state index contributed by atoms with van der Waals surface area (Å²) in [4.78, 5) is 3.85. The number of nitrogens with zero attached hydrogens (tertiary/aromatic N) is 1. The van der Waals surface area contributed by atoms with E-state index in [2.05, 4.69) is 58.8 Å². The maximum absolute atomic E-state index is 3.85. The summed E-state index contributed by atoms with van der Waals surface area (Å²) < 4.78 is 2.76. The normalized spacial score (nSPS) is 13.3. The Morgan fingerprint density at radius 1 is 0.889 bits per heavy atom. The van der Waals surface area contributed by atoms with Crippen molar-refractivity contribution in [3.63, 3.8) is 0 Å². The Morgan fingerprint density at radius 3 is 1.94 bits per heavy atom. The Kier molecular flexibility index (Phi) is 3.24.